The molecule has 0 aromatic heterocycles. The van der Waals surface area contributed by atoms with Crippen molar-refractivity contribution in [1.29, 1.82) is 0 Å². The average molecular weight is 314 g/mol. The minimum absolute atomic E-state index is 0.858. The molecule has 2 nitrogen and oxygen atoms in total. The number of hydrogen-bond acceptors (Lipinski definition) is 2. The molecule has 23 heavy (non-hydrogen) atoms. The summed E-state index contributed by atoms with van der Waals surface area (Å²) < 4.78 is 0. The standard InChI is InChI=1S/C19H36B2N2/c1-23(21-18-10-4-11-19(21)13-5-12-18)15-14-22-20-16-6-2-7-17(20)9-3-8-16/h16-19,22H,2-15H2,1H3. The topological polar surface area (TPSA) is 15.3 Å². The summed E-state index contributed by atoms with van der Waals surface area (Å²) in [6.45, 7) is 4.26. The van der Waals surface area contributed by atoms with E-state index in [1.54, 1.807) is 0 Å². The fraction of sp³-hybridized carbons (Fsp3) is 1.00. The fourth-order valence-corrected chi connectivity index (χ4v) is 6.93. The lowest BCUT2D eigenvalue weighted by Gasteiger charge is -2.45. The van der Waals surface area contributed by atoms with Crippen molar-refractivity contribution < 1.29 is 0 Å². The molecule has 0 amide bonds. The van der Waals surface area contributed by atoms with Gasteiger partial charge in [-0.05, 0) is 43.4 Å². The van der Waals surface area contributed by atoms with Gasteiger partial charge >= 0.3 is 0 Å². The van der Waals surface area contributed by atoms with Crippen molar-refractivity contribution in [3.05, 3.63) is 0 Å². The van der Waals surface area contributed by atoms with E-state index in [1.165, 1.54) is 90.1 Å². The highest BCUT2D eigenvalue weighted by molar-refractivity contribution is 6.60. The molecule has 4 fully saturated rings. The van der Waals surface area contributed by atoms with Crippen LogP contribution in [0.1, 0.15) is 77.0 Å². The van der Waals surface area contributed by atoms with Crippen molar-refractivity contribution in [3.63, 3.8) is 0 Å². The molecule has 0 unspecified atom stereocenters. The first-order valence-electron chi connectivity index (χ1n) is 10.8. The number of hydrogen-bond donors (Lipinski definition) is 1. The van der Waals surface area contributed by atoms with Crippen molar-refractivity contribution in [3.8, 4) is 0 Å². The molecule has 0 radical (unpaired) electrons. The Morgan fingerprint density at radius 3 is 1.65 bits per heavy atom. The van der Waals surface area contributed by atoms with E-state index in [1.807, 2.05) is 0 Å². The zero-order valence-corrected chi connectivity index (χ0v) is 15.3. The number of likely N-dealkylation sites (N-methyl/N-ethyl adjacent to an activating group) is 1. The van der Waals surface area contributed by atoms with Crippen molar-refractivity contribution in [1.82, 2.24) is 10.0 Å². The van der Waals surface area contributed by atoms with E-state index in [0.29, 0.717) is 0 Å². The van der Waals surface area contributed by atoms with Gasteiger partial charge in [0.15, 0.2) is 0 Å². The van der Waals surface area contributed by atoms with Crippen molar-refractivity contribution >= 4 is 13.7 Å². The Morgan fingerprint density at radius 1 is 0.739 bits per heavy atom. The predicted octanol–water partition coefficient (Wildman–Crippen LogP) is 4.71. The van der Waals surface area contributed by atoms with E-state index in [-0.39, 0.29) is 0 Å². The van der Waals surface area contributed by atoms with Gasteiger partial charge in [-0.3, -0.25) is 0 Å². The number of fused-ring (bicyclic) bond motifs is 4. The molecule has 0 atom stereocenters. The molecule has 4 heteroatoms. The smallest absolute Gasteiger partial charge is 0.229 e. The van der Waals surface area contributed by atoms with Crippen LogP contribution in [0, 0.1) is 0 Å². The normalized spacial score (nSPS) is 37.3. The van der Waals surface area contributed by atoms with Crippen LogP contribution in [-0.2, 0) is 0 Å². The molecule has 4 heterocycles. The van der Waals surface area contributed by atoms with Crippen LogP contribution in [0.2, 0.25) is 23.3 Å². The quantitative estimate of drug-likeness (QED) is 0.740. The number of rotatable bonds is 5. The molecule has 0 aliphatic carbocycles. The van der Waals surface area contributed by atoms with Gasteiger partial charge in [-0.1, -0.05) is 77.0 Å². The molecular formula is C19H36B2N2. The van der Waals surface area contributed by atoms with Gasteiger partial charge in [0, 0.05) is 0 Å². The summed E-state index contributed by atoms with van der Waals surface area (Å²) in [6, 6.07) is 0. The second-order valence-corrected chi connectivity index (χ2v) is 9.22. The van der Waals surface area contributed by atoms with E-state index in [4.69, 9.17) is 0 Å². The van der Waals surface area contributed by atoms with E-state index >= 15 is 0 Å². The summed E-state index contributed by atoms with van der Waals surface area (Å²) in [5.74, 6) is 4.03. The second-order valence-electron chi connectivity index (χ2n) is 9.22. The van der Waals surface area contributed by atoms with Gasteiger partial charge in [-0.2, -0.15) is 0 Å². The van der Waals surface area contributed by atoms with Crippen LogP contribution in [0.25, 0.3) is 0 Å². The van der Waals surface area contributed by atoms with Crippen LogP contribution < -0.4 is 5.23 Å². The van der Waals surface area contributed by atoms with Crippen LogP contribution in [-0.4, -0.2) is 38.6 Å². The summed E-state index contributed by atoms with van der Waals surface area (Å²) in [5.41, 5.74) is 0. The molecule has 4 rings (SSSR count). The third-order valence-corrected chi connectivity index (χ3v) is 7.93. The maximum atomic E-state index is 4.02. The van der Waals surface area contributed by atoms with Crippen LogP contribution in [0.5, 0.6) is 0 Å². The van der Waals surface area contributed by atoms with Crippen molar-refractivity contribution in [2.24, 2.45) is 0 Å². The zero-order chi connectivity index (χ0) is 15.6. The summed E-state index contributed by atoms with van der Waals surface area (Å²) in [5, 5.41) is 4.02. The fourth-order valence-electron chi connectivity index (χ4n) is 6.93. The Labute approximate surface area is 144 Å². The third-order valence-electron chi connectivity index (χ3n) is 7.93. The maximum absolute atomic E-state index is 4.02. The largest absolute Gasteiger partial charge is 0.354 e. The van der Waals surface area contributed by atoms with Crippen LogP contribution in [0.3, 0.4) is 0 Å². The van der Waals surface area contributed by atoms with Crippen LogP contribution in [0.15, 0.2) is 0 Å². The molecule has 128 valence electrons. The minimum atomic E-state index is 0.858. The SMILES string of the molecule is CN(CCNB1C2CCCC1CCC2)B1C2CCCC1CCC2. The monoisotopic (exact) mass is 314 g/mol. The molecule has 0 aromatic carbocycles. The Kier molecular flexibility index (Phi) is 5.40. The Bertz CT molecular complexity index is 348. The molecule has 4 bridgehead atoms. The lowest BCUT2D eigenvalue weighted by atomic mass is 9.33. The van der Waals surface area contributed by atoms with Crippen LogP contribution in [0.4, 0.5) is 0 Å². The van der Waals surface area contributed by atoms with E-state index in [0.717, 1.165) is 37.0 Å². The second kappa shape index (κ2) is 7.52. The van der Waals surface area contributed by atoms with Gasteiger partial charge in [0.2, 0.25) is 13.7 Å². The van der Waals surface area contributed by atoms with Gasteiger partial charge in [0.1, 0.15) is 0 Å². The lowest BCUT2D eigenvalue weighted by Crippen LogP contribution is -2.52. The van der Waals surface area contributed by atoms with Gasteiger partial charge in [-0.25, -0.2) is 0 Å². The van der Waals surface area contributed by atoms with E-state index in [2.05, 4.69) is 17.1 Å². The molecule has 0 aromatic rings. The first-order chi connectivity index (χ1) is 11.3. The maximum Gasteiger partial charge on any atom is 0.229 e. The van der Waals surface area contributed by atoms with Gasteiger partial charge < -0.3 is 10.0 Å². The highest BCUT2D eigenvalue weighted by Gasteiger charge is 2.42. The third kappa shape index (κ3) is 3.54. The molecule has 0 saturated carbocycles. The summed E-state index contributed by atoms with van der Waals surface area (Å²) in [4.78, 5) is 2.75. The highest BCUT2D eigenvalue weighted by atomic mass is 15.1. The van der Waals surface area contributed by atoms with Crippen molar-refractivity contribution in [2.75, 3.05) is 20.1 Å². The van der Waals surface area contributed by atoms with Gasteiger partial charge in [-0.15, -0.1) is 0 Å². The molecular weight excluding hydrogens is 278 g/mol. The summed E-state index contributed by atoms with van der Waals surface area (Å²) in [6.07, 6.45) is 18.0. The first-order valence-corrected chi connectivity index (χ1v) is 10.8. The average Bonchev–Trinajstić information content (AvgIpc) is 2.53. The van der Waals surface area contributed by atoms with Crippen LogP contribution >= 0.6 is 0 Å². The number of nitrogens with one attached hydrogen (secondary N) is 1. The lowest BCUT2D eigenvalue weighted by molar-refractivity contribution is 0.382. The number of nitrogens with zero attached hydrogens (tertiary/aromatic N) is 1. The summed E-state index contributed by atoms with van der Waals surface area (Å²) in [7, 11) is 2.42. The molecule has 1 N–H and O–H groups in total. The van der Waals surface area contributed by atoms with E-state index in [9.17, 15) is 0 Å². The predicted molar refractivity (Wildman–Crippen MR) is 103 cm³/mol. The van der Waals surface area contributed by atoms with Crippen molar-refractivity contribution in [2.45, 2.75) is 100 Å². The summed E-state index contributed by atoms with van der Waals surface area (Å²) >= 11 is 0. The van der Waals surface area contributed by atoms with Gasteiger partial charge in [0.25, 0.3) is 0 Å². The Hall–Kier alpha value is 0.0499. The van der Waals surface area contributed by atoms with E-state index < -0.39 is 0 Å². The Morgan fingerprint density at radius 2 is 1.17 bits per heavy atom. The molecule has 0 spiro atoms. The first kappa shape index (κ1) is 16.5. The highest BCUT2D eigenvalue weighted by Crippen LogP contribution is 2.47. The molecule has 4 aliphatic heterocycles. The zero-order valence-electron chi connectivity index (χ0n) is 15.3. The molecule has 4 aliphatic rings. The Balaban J connectivity index is 1.27. The van der Waals surface area contributed by atoms with Gasteiger partial charge in [0.05, 0.1) is 0 Å². The molecule has 4 saturated heterocycles. The minimum Gasteiger partial charge on any atom is -0.354 e.